The number of hydrogen-bond donors (Lipinski definition) is 0. The predicted octanol–water partition coefficient (Wildman–Crippen LogP) is 5.05. The molecule has 0 amide bonds. The third kappa shape index (κ3) is 1.80. The summed E-state index contributed by atoms with van der Waals surface area (Å²) >= 11 is 23.2. The van der Waals surface area contributed by atoms with Crippen LogP contribution in [0, 0.1) is 12.1 Å². The third-order valence-corrected chi connectivity index (χ3v) is 3.13. The Labute approximate surface area is 101 Å². The molecule has 0 aliphatic carbocycles. The van der Waals surface area contributed by atoms with Crippen molar-refractivity contribution in [1.29, 1.82) is 0 Å². The smallest absolute Gasteiger partial charge is 0.0677 e. The Balaban J connectivity index is 2.83. The van der Waals surface area contributed by atoms with Crippen LogP contribution in [0.4, 0.5) is 0 Å². The molecule has 0 aliphatic rings. The highest BCUT2D eigenvalue weighted by Gasteiger charge is 2.05. The molecule has 2 aromatic carbocycles. The molecule has 2 radical (unpaired) electrons. The van der Waals surface area contributed by atoms with Crippen molar-refractivity contribution >= 4 is 57.2 Å². The first kappa shape index (κ1) is 10.4. The van der Waals surface area contributed by atoms with Crippen LogP contribution in [-0.4, -0.2) is 0 Å². The molecule has 0 N–H and O–H groups in total. The van der Waals surface area contributed by atoms with E-state index >= 15 is 0 Å². The van der Waals surface area contributed by atoms with E-state index in [0.29, 0.717) is 20.1 Å². The van der Waals surface area contributed by atoms with Crippen molar-refractivity contribution < 1.29 is 0 Å². The number of hydrogen-bond acceptors (Lipinski definition) is 0. The molecule has 0 nitrogen and oxygen atoms in total. The Morgan fingerprint density at radius 3 is 1.43 bits per heavy atom. The highest BCUT2D eigenvalue weighted by Crippen LogP contribution is 2.32. The van der Waals surface area contributed by atoms with Gasteiger partial charge in [0.2, 0.25) is 0 Å². The summed E-state index contributed by atoms with van der Waals surface area (Å²) in [6.45, 7) is 0. The maximum absolute atomic E-state index is 5.82. The van der Waals surface area contributed by atoms with E-state index in [4.69, 9.17) is 46.4 Å². The van der Waals surface area contributed by atoms with Crippen molar-refractivity contribution in [1.82, 2.24) is 0 Å². The molecule has 14 heavy (non-hydrogen) atoms. The Hall–Kier alpha value is -0.140. The van der Waals surface area contributed by atoms with Gasteiger partial charge in [0, 0.05) is 12.1 Å². The van der Waals surface area contributed by atoms with Crippen molar-refractivity contribution in [3.05, 3.63) is 44.4 Å². The second-order valence-electron chi connectivity index (χ2n) is 2.69. The maximum Gasteiger partial charge on any atom is 0.0677 e. The quantitative estimate of drug-likeness (QED) is 0.624. The molecule has 0 atom stereocenters. The van der Waals surface area contributed by atoms with E-state index < -0.39 is 0 Å². The normalized spacial score (nSPS) is 10.9. The van der Waals surface area contributed by atoms with Gasteiger partial charge in [0.25, 0.3) is 0 Å². The zero-order valence-corrected chi connectivity index (χ0v) is 9.69. The van der Waals surface area contributed by atoms with Crippen LogP contribution >= 0.6 is 46.4 Å². The van der Waals surface area contributed by atoms with Crippen molar-refractivity contribution in [2.75, 3.05) is 0 Å². The van der Waals surface area contributed by atoms with Gasteiger partial charge in [0.05, 0.1) is 20.1 Å². The third-order valence-electron chi connectivity index (χ3n) is 1.74. The average Bonchev–Trinajstić information content (AvgIpc) is 2.11. The summed E-state index contributed by atoms with van der Waals surface area (Å²) in [5.41, 5.74) is 0. The van der Waals surface area contributed by atoms with Crippen molar-refractivity contribution in [2.24, 2.45) is 0 Å². The highest BCUT2D eigenvalue weighted by atomic mass is 35.5. The fourth-order valence-corrected chi connectivity index (χ4v) is 1.72. The van der Waals surface area contributed by atoms with Crippen LogP contribution in [-0.2, 0) is 0 Å². The molecule has 0 fully saturated rings. The lowest BCUT2D eigenvalue weighted by Crippen LogP contribution is -1.78. The first-order chi connectivity index (χ1) is 6.58. The van der Waals surface area contributed by atoms with Crippen LogP contribution in [0.25, 0.3) is 10.8 Å². The predicted molar refractivity (Wildman–Crippen MR) is 61.7 cm³/mol. The molecule has 2 aromatic rings. The zero-order chi connectivity index (χ0) is 10.3. The Kier molecular flexibility index (Phi) is 2.81. The number of fused-ring (bicyclic) bond motifs is 1. The lowest BCUT2D eigenvalue weighted by molar-refractivity contribution is 1.72. The van der Waals surface area contributed by atoms with Crippen LogP contribution in [0.1, 0.15) is 0 Å². The Bertz CT molecular complexity index is 416. The lowest BCUT2D eigenvalue weighted by atomic mass is 10.1. The molecule has 0 aromatic heterocycles. The minimum atomic E-state index is 0.367. The van der Waals surface area contributed by atoms with E-state index in [1.165, 1.54) is 0 Å². The van der Waals surface area contributed by atoms with Gasteiger partial charge < -0.3 is 0 Å². The van der Waals surface area contributed by atoms with Gasteiger partial charge >= 0.3 is 0 Å². The van der Waals surface area contributed by atoms with E-state index in [1.807, 2.05) is 0 Å². The van der Waals surface area contributed by atoms with Crippen LogP contribution in [0.3, 0.4) is 0 Å². The monoisotopic (exact) mass is 262 g/mol. The van der Waals surface area contributed by atoms with Gasteiger partial charge in [0.1, 0.15) is 0 Å². The van der Waals surface area contributed by atoms with E-state index in [9.17, 15) is 0 Å². The molecule has 0 saturated carbocycles. The first-order valence-corrected chi connectivity index (χ1v) is 5.17. The SMILES string of the molecule is Clc1[c]c2cc(Cl)c(Cl)[c]c2cc1Cl. The largest absolute Gasteiger partial charge is 0.0827 e. The number of halogens is 4. The summed E-state index contributed by atoms with van der Waals surface area (Å²) in [5, 5.41) is 3.07. The van der Waals surface area contributed by atoms with Crippen molar-refractivity contribution in [3.8, 4) is 0 Å². The Morgan fingerprint density at radius 1 is 0.714 bits per heavy atom. The summed E-state index contributed by atoms with van der Waals surface area (Å²) in [6.07, 6.45) is 0. The van der Waals surface area contributed by atoms with Gasteiger partial charge in [-0.25, -0.2) is 0 Å². The minimum absolute atomic E-state index is 0.367. The van der Waals surface area contributed by atoms with Gasteiger partial charge in [-0.1, -0.05) is 46.4 Å². The fraction of sp³-hybridized carbons (Fsp3) is 0. The Morgan fingerprint density at radius 2 is 1.07 bits per heavy atom. The average molecular weight is 264 g/mol. The first-order valence-electron chi connectivity index (χ1n) is 3.66. The van der Waals surface area contributed by atoms with Gasteiger partial charge in [-0.15, -0.1) is 0 Å². The van der Waals surface area contributed by atoms with Crippen LogP contribution in [0.2, 0.25) is 20.1 Å². The summed E-state index contributed by atoms with van der Waals surface area (Å²) in [4.78, 5) is 0. The van der Waals surface area contributed by atoms with Gasteiger partial charge in [-0.2, -0.15) is 0 Å². The minimum Gasteiger partial charge on any atom is -0.0827 e. The lowest BCUT2D eigenvalue weighted by Gasteiger charge is -2.02. The maximum atomic E-state index is 5.82. The van der Waals surface area contributed by atoms with E-state index in [2.05, 4.69) is 12.1 Å². The second-order valence-corrected chi connectivity index (χ2v) is 4.26. The summed E-state index contributed by atoms with van der Waals surface area (Å²) in [6, 6.07) is 9.13. The molecule has 0 heterocycles. The van der Waals surface area contributed by atoms with Crippen molar-refractivity contribution in [2.45, 2.75) is 0 Å². The summed E-state index contributed by atoms with van der Waals surface area (Å²) in [7, 11) is 0. The van der Waals surface area contributed by atoms with Gasteiger partial charge in [-0.3, -0.25) is 0 Å². The van der Waals surface area contributed by atoms with Crippen LogP contribution in [0.5, 0.6) is 0 Å². The van der Waals surface area contributed by atoms with Gasteiger partial charge in [0.15, 0.2) is 0 Å². The molecule has 2 rings (SSSR count). The standard InChI is InChI=1S/C10H2Cl4/c11-7-1-5-2-9(13)10(14)4-6(5)3-8(7)12/h1,4H. The molecule has 4 heteroatoms. The topological polar surface area (TPSA) is 0 Å². The number of rotatable bonds is 0. The molecular weight excluding hydrogens is 262 g/mol. The van der Waals surface area contributed by atoms with E-state index in [0.717, 1.165) is 10.8 Å². The van der Waals surface area contributed by atoms with Gasteiger partial charge in [-0.05, 0) is 22.9 Å². The summed E-state index contributed by atoms with van der Waals surface area (Å²) < 4.78 is 0. The molecule has 0 bridgehead atoms. The molecule has 0 aliphatic heterocycles. The second kappa shape index (κ2) is 3.79. The highest BCUT2D eigenvalue weighted by molar-refractivity contribution is 6.44. The van der Waals surface area contributed by atoms with Crippen LogP contribution in [0.15, 0.2) is 12.1 Å². The zero-order valence-electron chi connectivity index (χ0n) is 6.67. The molecule has 0 spiro atoms. The van der Waals surface area contributed by atoms with E-state index in [1.54, 1.807) is 12.1 Å². The van der Waals surface area contributed by atoms with E-state index in [-0.39, 0.29) is 0 Å². The molecule has 0 saturated heterocycles. The summed E-state index contributed by atoms with van der Waals surface area (Å²) in [5.74, 6) is 0. The van der Waals surface area contributed by atoms with Crippen molar-refractivity contribution in [3.63, 3.8) is 0 Å². The van der Waals surface area contributed by atoms with Crippen LogP contribution < -0.4 is 0 Å². The fourth-order valence-electron chi connectivity index (χ4n) is 1.10. The molecular formula is C10H2Cl4. The molecule has 0 unspecified atom stereocenters. The number of benzene rings is 2. The molecule has 70 valence electrons.